The van der Waals surface area contributed by atoms with Crippen molar-refractivity contribution in [3.05, 3.63) is 42.5 Å². The second-order valence-electron chi connectivity index (χ2n) is 7.67. The van der Waals surface area contributed by atoms with Crippen molar-refractivity contribution in [3.63, 3.8) is 0 Å². The van der Waals surface area contributed by atoms with E-state index in [1.54, 1.807) is 0 Å². The van der Waals surface area contributed by atoms with Gasteiger partial charge in [0.1, 0.15) is 6.04 Å². The normalized spacial score (nSPS) is 15.8. The summed E-state index contributed by atoms with van der Waals surface area (Å²) >= 11 is 0. The molecule has 0 heterocycles. The minimum Gasteiger partial charge on any atom is -0.343 e. The molecule has 0 radical (unpaired) electrons. The maximum Gasteiger partial charge on any atom is 0.246 e. The van der Waals surface area contributed by atoms with Crippen molar-refractivity contribution in [2.75, 3.05) is 11.9 Å². The fourth-order valence-corrected chi connectivity index (χ4v) is 3.32. The highest BCUT2D eigenvalue weighted by molar-refractivity contribution is 5.99. The van der Waals surface area contributed by atoms with E-state index in [-0.39, 0.29) is 11.8 Å². The van der Waals surface area contributed by atoms with Crippen molar-refractivity contribution < 1.29 is 9.59 Å². The van der Waals surface area contributed by atoms with Gasteiger partial charge in [0.25, 0.3) is 0 Å². The van der Waals surface area contributed by atoms with Crippen molar-refractivity contribution in [1.82, 2.24) is 5.32 Å². The molecule has 0 unspecified atom stereocenters. The first-order valence-electron chi connectivity index (χ1n) is 10.1. The van der Waals surface area contributed by atoms with Crippen molar-refractivity contribution in [2.24, 2.45) is 17.4 Å². The van der Waals surface area contributed by atoms with E-state index in [0.29, 0.717) is 31.7 Å². The third kappa shape index (κ3) is 5.78. The molecule has 1 aliphatic rings. The predicted octanol–water partition coefficient (Wildman–Crippen LogP) is 2.52. The monoisotopic (exact) mass is 382 g/mol. The van der Waals surface area contributed by atoms with E-state index in [1.807, 2.05) is 42.5 Å². The van der Waals surface area contributed by atoms with E-state index in [0.717, 1.165) is 22.9 Å². The first-order chi connectivity index (χ1) is 13.6. The highest BCUT2D eigenvalue weighted by atomic mass is 16.2. The molecule has 0 spiro atoms. The number of anilines is 1. The number of amides is 2. The second kappa shape index (κ2) is 9.66. The minimum absolute atomic E-state index is 0.199. The molecule has 0 aromatic heterocycles. The van der Waals surface area contributed by atoms with Gasteiger partial charge in [0.15, 0.2) is 0 Å². The lowest BCUT2D eigenvalue weighted by molar-refractivity contribution is -0.127. The third-order valence-corrected chi connectivity index (χ3v) is 5.27. The number of carbonyl (C=O) groups is 2. The summed E-state index contributed by atoms with van der Waals surface area (Å²) in [6.45, 7) is 0.495. The first-order valence-corrected chi connectivity index (χ1v) is 10.1. The number of hydrogen-bond acceptors (Lipinski definition) is 4. The third-order valence-electron chi connectivity index (χ3n) is 5.27. The predicted molar refractivity (Wildman–Crippen MR) is 113 cm³/mol. The standard InChI is InChI=1S/C22H30N4O2/c23-13-3-6-19(24)21(27)26-20(12-9-15-7-8-15)22(28)25-18-11-10-16-4-1-2-5-17(16)14-18/h1-2,4-5,10-11,14-15,19-20H,3,6-9,12-13,23-24H2,(H,25,28)(H,26,27)/t19-,20+/m1/s1. The summed E-state index contributed by atoms with van der Waals surface area (Å²) in [5, 5.41) is 7.97. The van der Waals surface area contributed by atoms with Gasteiger partial charge in [0.2, 0.25) is 11.8 Å². The molecule has 2 aromatic carbocycles. The van der Waals surface area contributed by atoms with Crippen LogP contribution in [0.15, 0.2) is 42.5 Å². The van der Waals surface area contributed by atoms with Crippen LogP contribution in [0.5, 0.6) is 0 Å². The fourth-order valence-electron chi connectivity index (χ4n) is 3.32. The van der Waals surface area contributed by atoms with Gasteiger partial charge in [-0.1, -0.05) is 43.2 Å². The summed E-state index contributed by atoms with van der Waals surface area (Å²) in [5.74, 6) is 0.192. The smallest absolute Gasteiger partial charge is 0.246 e. The van der Waals surface area contributed by atoms with E-state index in [9.17, 15) is 9.59 Å². The molecule has 2 atom stereocenters. The van der Waals surface area contributed by atoms with Crippen molar-refractivity contribution in [2.45, 2.75) is 50.6 Å². The van der Waals surface area contributed by atoms with Crippen LogP contribution in [0.3, 0.4) is 0 Å². The van der Waals surface area contributed by atoms with Crippen LogP contribution in [-0.4, -0.2) is 30.4 Å². The number of nitrogens with two attached hydrogens (primary N) is 2. The van der Waals surface area contributed by atoms with Gasteiger partial charge in [0, 0.05) is 5.69 Å². The number of hydrogen-bond donors (Lipinski definition) is 4. The summed E-state index contributed by atoms with van der Waals surface area (Å²) in [6, 6.07) is 12.6. The van der Waals surface area contributed by atoms with E-state index in [4.69, 9.17) is 11.5 Å². The zero-order valence-corrected chi connectivity index (χ0v) is 16.2. The lowest BCUT2D eigenvalue weighted by atomic mass is 10.1. The maximum atomic E-state index is 12.9. The van der Waals surface area contributed by atoms with Crippen LogP contribution in [0.1, 0.15) is 38.5 Å². The molecule has 0 bridgehead atoms. The minimum atomic E-state index is -0.638. The average molecular weight is 383 g/mol. The molecule has 150 valence electrons. The van der Waals surface area contributed by atoms with E-state index in [1.165, 1.54) is 12.8 Å². The van der Waals surface area contributed by atoms with Gasteiger partial charge in [-0.25, -0.2) is 0 Å². The van der Waals surface area contributed by atoms with E-state index >= 15 is 0 Å². The van der Waals surface area contributed by atoms with Gasteiger partial charge in [-0.3, -0.25) is 9.59 Å². The van der Waals surface area contributed by atoms with Gasteiger partial charge in [-0.2, -0.15) is 0 Å². The van der Waals surface area contributed by atoms with Crippen LogP contribution in [0.2, 0.25) is 0 Å². The summed E-state index contributed by atoms with van der Waals surface area (Å²) in [4.78, 5) is 25.3. The number of nitrogens with one attached hydrogen (secondary N) is 2. The Morgan fingerprint density at radius 3 is 2.50 bits per heavy atom. The molecule has 2 aromatic rings. The molecule has 6 N–H and O–H groups in total. The average Bonchev–Trinajstić information content (AvgIpc) is 3.53. The largest absolute Gasteiger partial charge is 0.343 e. The molecule has 28 heavy (non-hydrogen) atoms. The highest BCUT2D eigenvalue weighted by Crippen LogP contribution is 2.34. The zero-order valence-electron chi connectivity index (χ0n) is 16.2. The quantitative estimate of drug-likeness (QED) is 0.506. The number of benzene rings is 2. The van der Waals surface area contributed by atoms with Crippen LogP contribution < -0.4 is 22.1 Å². The lowest BCUT2D eigenvalue weighted by Crippen LogP contribution is -2.50. The summed E-state index contributed by atoms with van der Waals surface area (Å²) in [5.41, 5.74) is 12.1. The summed E-state index contributed by atoms with van der Waals surface area (Å²) in [6.07, 6.45) is 5.19. The van der Waals surface area contributed by atoms with E-state index in [2.05, 4.69) is 10.6 Å². The van der Waals surface area contributed by atoms with E-state index < -0.39 is 12.1 Å². The Balaban J connectivity index is 1.65. The number of carbonyl (C=O) groups excluding carboxylic acids is 2. The van der Waals surface area contributed by atoms with Crippen molar-refractivity contribution in [1.29, 1.82) is 0 Å². The van der Waals surface area contributed by atoms with Gasteiger partial charge in [-0.05, 0) is 61.1 Å². The van der Waals surface area contributed by atoms with Gasteiger partial charge in [0.05, 0.1) is 6.04 Å². The van der Waals surface area contributed by atoms with Crippen LogP contribution in [0, 0.1) is 5.92 Å². The Hall–Kier alpha value is -2.44. The second-order valence-corrected chi connectivity index (χ2v) is 7.67. The fraction of sp³-hybridized carbons (Fsp3) is 0.455. The van der Waals surface area contributed by atoms with Gasteiger partial charge >= 0.3 is 0 Å². The SMILES string of the molecule is NCCC[C@@H](N)C(=O)N[C@@H](CCC1CC1)C(=O)Nc1ccc2ccccc2c1. The van der Waals surface area contributed by atoms with Crippen LogP contribution >= 0.6 is 0 Å². The van der Waals surface area contributed by atoms with Crippen molar-refractivity contribution in [3.8, 4) is 0 Å². The molecule has 6 heteroatoms. The van der Waals surface area contributed by atoms with Gasteiger partial charge < -0.3 is 22.1 Å². The Labute approximate surface area is 166 Å². The molecule has 1 fully saturated rings. The number of rotatable bonds is 10. The summed E-state index contributed by atoms with van der Waals surface area (Å²) in [7, 11) is 0. The zero-order chi connectivity index (χ0) is 19.9. The topological polar surface area (TPSA) is 110 Å². The molecular formula is C22H30N4O2. The molecule has 0 aliphatic heterocycles. The molecule has 1 aliphatic carbocycles. The highest BCUT2D eigenvalue weighted by Gasteiger charge is 2.28. The van der Waals surface area contributed by atoms with Crippen LogP contribution in [-0.2, 0) is 9.59 Å². The molecule has 1 saturated carbocycles. The van der Waals surface area contributed by atoms with Crippen LogP contribution in [0.4, 0.5) is 5.69 Å². The molecular weight excluding hydrogens is 352 g/mol. The van der Waals surface area contributed by atoms with Crippen LogP contribution in [0.25, 0.3) is 10.8 Å². The van der Waals surface area contributed by atoms with Gasteiger partial charge in [-0.15, -0.1) is 0 Å². The maximum absolute atomic E-state index is 12.9. The molecule has 6 nitrogen and oxygen atoms in total. The lowest BCUT2D eigenvalue weighted by Gasteiger charge is -2.21. The Kier molecular flexibility index (Phi) is 7.01. The molecule has 0 saturated heterocycles. The molecule has 3 rings (SSSR count). The first kappa shape index (κ1) is 20.3. The Bertz CT molecular complexity index is 819. The summed E-state index contributed by atoms with van der Waals surface area (Å²) < 4.78 is 0. The molecule has 2 amide bonds. The van der Waals surface area contributed by atoms with Crippen molar-refractivity contribution >= 4 is 28.3 Å². The Morgan fingerprint density at radius 1 is 1.04 bits per heavy atom. The number of fused-ring (bicyclic) bond motifs is 1. The Morgan fingerprint density at radius 2 is 1.79 bits per heavy atom.